The van der Waals surface area contributed by atoms with Crippen molar-refractivity contribution in [2.24, 2.45) is 0 Å². The summed E-state index contributed by atoms with van der Waals surface area (Å²) < 4.78 is 0. The number of hydrogen-bond donors (Lipinski definition) is 2. The van der Waals surface area contributed by atoms with Gasteiger partial charge in [-0.05, 0) is 59.7 Å². The van der Waals surface area contributed by atoms with Crippen LogP contribution in [0, 0.1) is 0 Å². The van der Waals surface area contributed by atoms with Gasteiger partial charge in [-0.3, -0.25) is 14.7 Å². The molecule has 33 heavy (non-hydrogen) atoms. The molecule has 2 atom stereocenters. The number of hydrogen-bond acceptors (Lipinski definition) is 5. The molecule has 1 aliphatic heterocycles. The van der Waals surface area contributed by atoms with E-state index >= 15 is 0 Å². The zero-order valence-corrected chi connectivity index (χ0v) is 20.3. The lowest BCUT2D eigenvalue weighted by molar-refractivity contribution is -0.125. The zero-order chi connectivity index (χ0) is 23.0. The predicted molar refractivity (Wildman–Crippen MR) is 135 cm³/mol. The second-order valence-corrected chi connectivity index (χ2v) is 9.63. The lowest BCUT2D eigenvalue weighted by Crippen LogP contribution is -2.42. The number of benzene rings is 2. The van der Waals surface area contributed by atoms with Gasteiger partial charge in [0.1, 0.15) is 0 Å². The van der Waals surface area contributed by atoms with Crippen LogP contribution in [0.25, 0.3) is 0 Å². The number of nitrogens with one attached hydrogen (secondary N) is 2. The van der Waals surface area contributed by atoms with Crippen molar-refractivity contribution in [1.82, 2.24) is 20.5 Å². The summed E-state index contributed by atoms with van der Waals surface area (Å²) in [5.41, 5.74) is 3.35. The van der Waals surface area contributed by atoms with E-state index in [4.69, 9.17) is 11.6 Å². The molecule has 1 amide bonds. The maximum Gasteiger partial charge on any atom is 0.237 e. The highest BCUT2D eigenvalue weighted by molar-refractivity contribution is 7.98. The van der Waals surface area contributed by atoms with E-state index in [-0.39, 0.29) is 18.0 Å². The minimum absolute atomic E-state index is 0.0505. The number of carbonyl (C=O) groups excluding carboxylic acids is 1. The van der Waals surface area contributed by atoms with Crippen LogP contribution in [0.2, 0.25) is 5.02 Å². The number of nitrogens with zero attached hydrogens (tertiary/aromatic N) is 2. The molecular formula is C26H29ClN4OS. The Balaban J connectivity index is 1.40. The normalized spacial score (nSPS) is 18.4. The molecule has 2 aromatic carbocycles. The fourth-order valence-electron chi connectivity index (χ4n) is 4.18. The van der Waals surface area contributed by atoms with Gasteiger partial charge in [0.25, 0.3) is 0 Å². The molecule has 0 spiro atoms. The maximum atomic E-state index is 13.1. The number of amides is 1. The van der Waals surface area contributed by atoms with Crippen LogP contribution in [0.5, 0.6) is 0 Å². The third-order valence-electron chi connectivity index (χ3n) is 5.92. The minimum Gasteiger partial charge on any atom is -0.351 e. The standard InChI is InChI=1S/C26H29ClN4OS/c1-33-24-9-7-19(8-10-24)15-29-23-13-25(26(32)30-16-21-5-3-11-28-14-21)31(18-23)17-20-4-2-6-22(27)12-20/h2-12,14,23,25,29H,13,15-18H2,1H3,(H,30,32)/t23-,25-/m0/s1. The zero-order valence-electron chi connectivity index (χ0n) is 18.7. The summed E-state index contributed by atoms with van der Waals surface area (Å²) in [4.78, 5) is 20.8. The second kappa shape index (κ2) is 11.7. The number of halogens is 1. The van der Waals surface area contributed by atoms with E-state index in [1.54, 1.807) is 24.2 Å². The second-order valence-electron chi connectivity index (χ2n) is 8.32. The molecule has 1 aliphatic rings. The number of likely N-dealkylation sites (tertiary alicyclic amines) is 1. The number of aromatic nitrogens is 1. The van der Waals surface area contributed by atoms with Gasteiger partial charge in [-0.15, -0.1) is 11.8 Å². The summed E-state index contributed by atoms with van der Waals surface area (Å²) in [7, 11) is 0. The van der Waals surface area contributed by atoms with Gasteiger partial charge in [0.2, 0.25) is 5.91 Å². The Morgan fingerprint density at radius 2 is 1.91 bits per heavy atom. The summed E-state index contributed by atoms with van der Waals surface area (Å²) in [6, 6.07) is 20.4. The van der Waals surface area contributed by atoms with E-state index in [1.165, 1.54) is 10.5 Å². The van der Waals surface area contributed by atoms with E-state index in [0.717, 1.165) is 30.6 Å². The van der Waals surface area contributed by atoms with Crippen LogP contribution in [-0.2, 0) is 24.4 Å². The van der Waals surface area contributed by atoms with Crippen LogP contribution >= 0.6 is 23.4 Å². The molecule has 4 rings (SSSR count). The van der Waals surface area contributed by atoms with Gasteiger partial charge in [-0.1, -0.05) is 41.9 Å². The molecule has 0 bridgehead atoms. The van der Waals surface area contributed by atoms with Gasteiger partial charge in [-0.25, -0.2) is 0 Å². The van der Waals surface area contributed by atoms with Gasteiger partial charge in [0.15, 0.2) is 0 Å². The number of thioether (sulfide) groups is 1. The van der Waals surface area contributed by atoms with Crippen molar-refractivity contribution in [3.05, 3.63) is 94.8 Å². The number of rotatable bonds is 9. The Labute approximate surface area is 204 Å². The highest BCUT2D eigenvalue weighted by Crippen LogP contribution is 2.23. The molecular weight excluding hydrogens is 452 g/mol. The quantitative estimate of drug-likeness (QED) is 0.441. The third kappa shape index (κ3) is 6.81. The minimum atomic E-state index is -0.197. The molecule has 1 fully saturated rings. The first-order valence-corrected chi connectivity index (χ1v) is 12.7. The molecule has 5 nitrogen and oxygen atoms in total. The molecule has 0 saturated carbocycles. The van der Waals surface area contributed by atoms with E-state index in [1.807, 2.05) is 30.3 Å². The van der Waals surface area contributed by atoms with Crippen LogP contribution in [-0.4, -0.2) is 40.7 Å². The van der Waals surface area contributed by atoms with Gasteiger partial charge < -0.3 is 10.6 Å². The Morgan fingerprint density at radius 1 is 1.09 bits per heavy atom. The van der Waals surface area contributed by atoms with Gasteiger partial charge in [-0.2, -0.15) is 0 Å². The van der Waals surface area contributed by atoms with Crippen LogP contribution in [0.3, 0.4) is 0 Å². The summed E-state index contributed by atoms with van der Waals surface area (Å²) in [5.74, 6) is 0.0505. The first-order valence-electron chi connectivity index (χ1n) is 11.1. The number of pyridine rings is 1. The van der Waals surface area contributed by atoms with Crippen LogP contribution in [0.15, 0.2) is 78.0 Å². The van der Waals surface area contributed by atoms with Gasteiger partial charge in [0.05, 0.1) is 6.04 Å². The van der Waals surface area contributed by atoms with E-state index < -0.39 is 0 Å². The largest absolute Gasteiger partial charge is 0.351 e. The molecule has 0 radical (unpaired) electrons. The van der Waals surface area contributed by atoms with Crippen molar-refractivity contribution in [1.29, 1.82) is 0 Å². The Hall–Kier alpha value is -2.38. The molecule has 0 unspecified atom stereocenters. The lowest BCUT2D eigenvalue weighted by Gasteiger charge is -2.23. The first kappa shape index (κ1) is 23.8. The fourth-order valence-corrected chi connectivity index (χ4v) is 4.81. The van der Waals surface area contributed by atoms with Gasteiger partial charge in [0, 0.05) is 54.5 Å². The smallest absolute Gasteiger partial charge is 0.237 e. The average molecular weight is 481 g/mol. The van der Waals surface area contributed by atoms with E-state index in [2.05, 4.69) is 57.1 Å². The molecule has 2 heterocycles. The SMILES string of the molecule is CSc1ccc(CN[C@H]2C[C@@H](C(=O)NCc3cccnc3)N(Cc3cccc(Cl)c3)C2)cc1. The highest BCUT2D eigenvalue weighted by Gasteiger charge is 2.36. The topological polar surface area (TPSA) is 57.3 Å². The maximum absolute atomic E-state index is 13.1. The van der Waals surface area contributed by atoms with Crippen molar-refractivity contribution >= 4 is 29.3 Å². The third-order valence-corrected chi connectivity index (χ3v) is 6.90. The average Bonchev–Trinajstić information content (AvgIpc) is 3.25. The van der Waals surface area contributed by atoms with Gasteiger partial charge >= 0.3 is 0 Å². The monoisotopic (exact) mass is 480 g/mol. The predicted octanol–water partition coefficient (Wildman–Crippen LogP) is 4.51. The van der Waals surface area contributed by atoms with Crippen molar-refractivity contribution in [3.63, 3.8) is 0 Å². The van der Waals surface area contributed by atoms with Crippen molar-refractivity contribution < 1.29 is 4.79 Å². The molecule has 0 aliphatic carbocycles. The Morgan fingerprint density at radius 3 is 2.64 bits per heavy atom. The first-order chi connectivity index (χ1) is 16.1. The summed E-state index contributed by atoms with van der Waals surface area (Å²) >= 11 is 7.94. The van der Waals surface area contributed by atoms with Crippen LogP contribution in [0.1, 0.15) is 23.1 Å². The van der Waals surface area contributed by atoms with Crippen molar-refractivity contribution in [2.75, 3.05) is 12.8 Å². The lowest BCUT2D eigenvalue weighted by atomic mass is 10.1. The Bertz CT molecular complexity index is 1050. The summed E-state index contributed by atoms with van der Waals surface area (Å²) in [5, 5.41) is 7.47. The fraction of sp³-hybridized carbons (Fsp3) is 0.308. The summed E-state index contributed by atoms with van der Waals surface area (Å²) in [6.07, 6.45) is 6.37. The molecule has 172 valence electrons. The number of carbonyl (C=O) groups is 1. The van der Waals surface area contributed by atoms with Crippen LogP contribution in [0.4, 0.5) is 0 Å². The Kier molecular flexibility index (Phi) is 8.40. The van der Waals surface area contributed by atoms with Crippen LogP contribution < -0.4 is 10.6 Å². The van der Waals surface area contributed by atoms with E-state index in [0.29, 0.717) is 18.1 Å². The van der Waals surface area contributed by atoms with Crippen molar-refractivity contribution in [3.8, 4) is 0 Å². The molecule has 1 saturated heterocycles. The van der Waals surface area contributed by atoms with Crippen molar-refractivity contribution in [2.45, 2.75) is 43.0 Å². The van der Waals surface area contributed by atoms with E-state index in [9.17, 15) is 4.79 Å². The highest BCUT2D eigenvalue weighted by atomic mass is 35.5. The summed E-state index contributed by atoms with van der Waals surface area (Å²) in [6.45, 7) is 2.76. The molecule has 2 N–H and O–H groups in total. The molecule has 1 aromatic heterocycles. The molecule has 7 heteroatoms. The molecule has 3 aromatic rings.